The van der Waals surface area contributed by atoms with E-state index in [0.717, 1.165) is 31.4 Å². The average molecular weight is 384 g/mol. The summed E-state index contributed by atoms with van der Waals surface area (Å²) < 4.78 is 19.2. The number of hydrogen-bond acceptors (Lipinski definition) is 5. The third-order valence-electron chi connectivity index (χ3n) is 5.89. The minimum Gasteiger partial charge on any atom is -0.493 e. The molecule has 1 unspecified atom stereocenters. The van der Waals surface area contributed by atoms with Crippen molar-refractivity contribution in [2.24, 2.45) is 0 Å². The molecule has 0 bridgehead atoms. The van der Waals surface area contributed by atoms with Gasteiger partial charge in [-0.2, -0.15) is 0 Å². The Labute approximate surface area is 164 Å². The molecule has 1 atom stereocenters. The Morgan fingerprint density at radius 2 is 2.14 bits per heavy atom. The summed E-state index contributed by atoms with van der Waals surface area (Å²) in [5.74, 6) is -0.00754. The first-order valence-electron chi connectivity index (χ1n) is 9.61. The molecule has 6 nitrogen and oxygen atoms in total. The normalized spacial score (nSPS) is 20.9. The Kier molecular flexibility index (Phi) is 4.69. The Hall–Kier alpha value is -2.70. The number of fused-ring (bicyclic) bond motifs is 2. The van der Waals surface area contributed by atoms with E-state index in [2.05, 4.69) is 4.98 Å². The van der Waals surface area contributed by atoms with Gasteiger partial charge < -0.3 is 14.5 Å². The number of amides is 1. The lowest BCUT2D eigenvalue weighted by molar-refractivity contribution is 0.0629. The highest BCUT2D eigenvalue weighted by Gasteiger charge is 2.45. The van der Waals surface area contributed by atoms with Crippen LogP contribution in [0.25, 0.3) is 0 Å². The molecule has 4 rings (SSSR count). The van der Waals surface area contributed by atoms with Crippen LogP contribution in [0.5, 0.6) is 5.75 Å². The predicted molar refractivity (Wildman–Crippen MR) is 104 cm³/mol. The van der Waals surface area contributed by atoms with E-state index in [1.54, 1.807) is 12.1 Å². The molecule has 28 heavy (non-hydrogen) atoms. The minimum absolute atomic E-state index is 0.0103. The van der Waals surface area contributed by atoms with Crippen LogP contribution in [-0.4, -0.2) is 55.1 Å². The van der Waals surface area contributed by atoms with Gasteiger partial charge in [-0.15, -0.1) is 0 Å². The summed E-state index contributed by atoms with van der Waals surface area (Å²) in [6.45, 7) is 1.24. The lowest BCUT2D eigenvalue weighted by Gasteiger charge is -2.40. The first-order valence-corrected chi connectivity index (χ1v) is 9.61. The molecule has 1 aromatic carbocycles. The predicted octanol–water partition coefficient (Wildman–Crippen LogP) is 2.81. The van der Waals surface area contributed by atoms with Crippen LogP contribution in [0.2, 0.25) is 0 Å². The van der Waals surface area contributed by atoms with Crippen LogP contribution in [-0.2, 0) is 11.8 Å². The minimum atomic E-state index is -0.519. The SMILES string of the molecule is COc1c(F)cccc1C(=O)N1CCCC2(CCc3cnc(N(C)C)nc32)C1. The molecule has 1 saturated heterocycles. The average Bonchev–Trinajstić information content (AvgIpc) is 3.04. The van der Waals surface area contributed by atoms with Crippen LogP contribution in [0.1, 0.15) is 40.9 Å². The number of benzene rings is 1. The van der Waals surface area contributed by atoms with Gasteiger partial charge in [-0.05, 0) is 43.4 Å². The van der Waals surface area contributed by atoms with Crippen molar-refractivity contribution < 1.29 is 13.9 Å². The number of para-hydroxylation sites is 1. The molecule has 2 aliphatic rings. The molecule has 0 radical (unpaired) electrons. The molecular formula is C21H25FN4O2. The van der Waals surface area contributed by atoms with E-state index in [-0.39, 0.29) is 22.6 Å². The number of carbonyl (C=O) groups is 1. The number of halogens is 1. The largest absolute Gasteiger partial charge is 0.493 e. The second-order valence-electron chi connectivity index (χ2n) is 7.87. The second kappa shape index (κ2) is 7.04. The number of rotatable bonds is 3. The maximum Gasteiger partial charge on any atom is 0.257 e. The fourth-order valence-corrected chi connectivity index (χ4v) is 4.50. The number of aryl methyl sites for hydroxylation is 1. The maximum absolute atomic E-state index is 14.1. The van der Waals surface area contributed by atoms with E-state index < -0.39 is 5.82 Å². The summed E-state index contributed by atoms with van der Waals surface area (Å²) in [6, 6.07) is 4.48. The summed E-state index contributed by atoms with van der Waals surface area (Å²) in [6.07, 6.45) is 5.69. The number of aromatic nitrogens is 2. The monoisotopic (exact) mass is 384 g/mol. The molecule has 148 valence electrons. The summed E-state index contributed by atoms with van der Waals surface area (Å²) in [5.41, 5.74) is 2.35. The van der Waals surface area contributed by atoms with Gasteiger partial charge in [0.25, 0.3) is 5.91 Å². The van der Waals surface area contributed by atoms with Gasteiger partial charge in [0, 0.05) is 38.8 Å². The first kappa shape index (κ1) is 18.7. The molecule has 0 N–H and O–H groups in total. The van der Waals surface area contributed by atoms with Crippen LogP contribution >= 0.6 is 0 Å². The van der Waals surface area contributed by atoms with Crippen LogP contribution in [0.4, 0.5) is 10.3 Å². The van der Waals surface area contributed by atoms with E-state index in [4.69, 9.17) is 9.72 Å². The lowest BCUT2D eigenvalue weighted by Crippen LogP contribution is -2.48. The first-order chi connectivity index (χ1) is 13.4. The van der Waals surface area contributed by atoms with Gasteiger partial charge in [-0.25, -0.2) is 14.4 Å². The number of ether oxygens (including phenoxy) is 1. The van der Waals surface area contributed by atoms with E-state index in [1.807, 2.05) is 30.1 Å². The number of carbonyl (C=O) groups excluding carboxylic acids is 1. The number of hydrogen-bond donors (Lipinski definition) is 0. The molecule has 2 heterocycles. The van der Waals surface area contributed by atoms with Crippen molar-refractivity contribution in [1.82, 2.24) is 14.9 Å². The fourth-order valence-electron chi connectivity index (χ4n) is 4.50. The number of methoxy groups -OCH3 is 1. The Morgan fingerprint density at radius 3 is 2.89 bits per heavy atom. The topological polar surface area (TPSA) is 58.6 Å². The van der Waals surface area contributed by atoms with Crippen molar-refractivity contribution in [2.45, 2.75) is 31.1 Å². The van der Waals surface area contributed by atoms with E-state index in [0.29, 0.717) is 19.0 Å². The molecule has 1 amide bonds. The third-order valence-corrected chi connectivity index (χ3v) is 5.89. The number of piperidine rings is 1. The Balaban J connectivity index is 1.66. The van der Waals surface area contributed by atoms with Crippen molar-refractivity contribution in [1.29, 1.82) is 0 Å². The smallest absolute Gasteiger partial charge is 0.257 e. The molecule has 0 saturated carbocycles. The van der Waals surface area contributed by atoms with Gasteiger partial charge in [-0.1, -0.05) is 6.07 Å². The number of anilines is 1. The van der Waals surface area contributed by atoms with Gasteiger partial charge in [0.15, 0.2) is 11.6 Å². The molecule has 1 aromatic heterocycles. The molecule has 7 heteroatoms. The third kappa shape index (κ3) is 2.99. The van der Waals surface area contributed by atoms with Gasteiger partial charge in [0.05, 0.1) is 18.4 Å². The summed E-state index contributed by atoms with van der Waals surface area (Å²) >= 11 is 0. The van der Waals surface area contributed by atoms with Crippen molar-refractivity contribution in [3.63, 3.8) is 0 Å². The van der Waals surface area contributed by atoms with Crippen molar-refractivity contribution in [2.75, 3.05) is 39.2 Å². The number of likely N-dealkylation sites (tertiary alicyclic amines) is 1. The number of nitrogens with zero attached hydrogens (tertiary/aromatic N) is 4. The van der Waals surface area contributed by atoms with Crippen molar-refractivity contribution >= 4 is 11.9 Å². The molecule has 1 aliphatic heterocycles. The lowest BCUT2D eigenvalue weighted by atomic mass is 9.77. The zero-order chi connectivity index (χ0) is 19.9. The van der Waals surface area contributed by atoms with Crippen molar-refractivity contribution in [3.8, 4) is 5.75 Å². The van der Waals surface area contributed by atoms with E-state index in [9.17, 15) is 9.18 Å². The van der Waals surface area contributed by atoms with E-state index in [1.165, 1.54) is 18.7 Å². The fraction of sp³-hybridized carbons (Fsp3) is 0.476. The molecule has 1 spiro atoms. The molecule has 1 aliphatic carbocycles. The standard InChI is InChI=1S/C21H25FN4O2/c1-25(2)20-23-12-14-8-10-21(18(14)24-20)9-5-11-26(13-21)19(27)15-6-4-7-16(22)17(15)28-3/h4,6-7,12H,5,8-11,13H2,1-3H3. The second-order valence-corrected chi connectivity index (χ2v) is 7.87. The van der Waals surface area contributed by atoms with Crippen LogP contribution in [0.15, 0.2) is 24.4 Å². The van der Waals surface area contributed by atoms with Crippen LogP contribution < -0.4 is 9.64 Å². The molecular weight excluding hydrogens is 359 g/mol. The highest BCUT2D eigenvalue weighted by atomic mass is 19.1. The quantitative estimate of drug-likeness (QED) is 0.815. The van der Waals surface area contributed by atoms with Crippen molar-refractivity contribution in [3.05, 3.63) is 47.0 Å². The summed E-state index contributed by atoms with van der Waals surface area (Å²) in [7, 11) is 5.24. The van der Waals surface area contributed by atoms with Gasteiger partial charge in [0.1, 0.15) is 0 Å². The van der Waals surface area contributed by atoms with E-state index >= 15 is 0 Å². The summed E-state index contributed by atoms with van der Waals surface area (Å²) in [5, 5.41) is 0. The van der Waals surface area contributed by atoms with Crippen LogP contribution in [0.3, 0.4) is 0 Å². The highest BCUT2D eigenvalue weighted by Crippen LogP contribution is 2.44. The van der Waals surface area contributed by atoms with Crippen LogP contribution in [0, 0.1) is 5.82 Å². The van der Waals surface area contributed by atoms with Gasteiger partial charge in [-0.3, -0.25) is 4.79 Å². The highest BCUT2D eigenvalue weighted by molar-refractivity contribution is 5.97. The Morgan fingerprint density at radius 1 is 1.32 bits per heavy atom. The summed E-state index contributed by atoms with van der Waals surface area (Å²) in [4.78, 5) is 26.2. The van der Waals surface area contributed by atoms with Gasteiger partial charge >= 0.3 is 0 Å². The maximum atomic E-state index is 14.1. The zero-order valence-corrected chi connectivity index (χ0v) is 16.5. The van der Waals surface area contributed by atoms with Gasteiger partial charge in [0.2, 0.25) is 5.95 Å². The molecule has 2 aromatic rings. The molecule has 1 fully saturated rings. The zero-order valence-electron chi connectivity index (χ0n) is 16.5. The Bertz CT molecular complexity index is 913.